The Labute approximate surface area is 159 Å². The van der Waals surface area contributed by atoms with Gasteiger partial charge in [0.15, 0.2) is 0 Å². The molecule has 0 saturated carbocycles. The molecule has 3 aromatic carbocycles. The van der Waals surface area contributed by atoms with E-state index in [1.807, 2.05) is 74.5 Å². The van der Waals surface area contributed by atoms with E-state index in [0.29, 0.717) is 30.2 Å². The Balaban J connectivity index is 1.62. The smallest absolute Gasteiger partial charge is 0.255 e. The number of benzene rings is 3. The molecule has 0 aliphatic rings. The number of para-hydroxylation sites is 2. The highest BCUT2D eigenvalue weighted by atomic mass is 16.5. The predicted octanol–water partition coefficient (Wildman–Crippen LogP) is 5.23. The lowest BCUT2D eigenvalue weighted by molar-refractivity contribution is 0.102. The van der Waals surface area contributed by atoms with Crippen LogP contribution in [0.25, 0.3) is 0 Å². The number of nitrogens with one attached hydrogen (secondary N) is 1. The van der Waals surface area contributed by atoms with Crippen LogP contribution in [0, 0.1) is 6.92 Å². The summed E-state index contributed by atoms with van der Waals surface area (Å²) in [6, 6.07) is 22.7. The summed E-state index contributed by atoms with van der Waals surface area (Å²) in [6.45, 7) is 4.95. The van der Waals surface area contributed by atoms with E-state index < -0.39 is 0 Å². The molecule has 1 amide bonds. The molecule has 138 valence electrons. The minimum Gasteiger partial charge on any atom is -0.492 e. The van der Waals surface area contributed by atoms with E-state index in [-0.39, 0.29) is 5.91 Å². The first-order chi connectivity index (χ1) is 13.2. The van der Waals surface area contributed by atoms with E-state index in [1.54, 1.807) is 12.1 Å². The van der Waals surface area contributed by atoms with Crippen LogP contribution in [0.1, 0.15) is 28.4 Å². The molecule has 3 rings (SSSR count). The highest BCUT2D eigenvalue weighted by molar-refractivity contribution is 6.05. The van der Waals surface area contributed by atoms with Crippen LogP contribution in [0.2, 0.25) is 0 Å². The Morgan fingerprint density at radius 3 is 2.44 bits per heavy atom. The van der Waals surface area contributed by atoms with Gasteiger partial charge in [-0.3, -0.25) is 4.79 Å². The maximum Gasteiger partial charge on any atom is 0.255 e. The molecule has 0 aliphatic carbocycles. The van der Waals surface area contributed by atoms with Crippen molar-refractivity contribution in [2.45, 2.75) is 20.5 Å². The first-order valence-corrected chi connectivity index (χ1v) is 8.97. The third-order valence-electron chi connectivity index (χ3n) is 4.05. The lowest BCUT2D eigenvalue weighted by Crippen LogP contribution is -2.13. The van der Waals surface area contributed by atoms with Gasteiger partial charge in [-0.1, -0.05) is 36.4 Å². The van der Waals surface area contributed by atoms with Crippen LogP contribution in [-0.2, 0) is 6.61 Å². The summed E-state index contributed by atoms with van der Waals surface area (Å²) in [5.41, 5.74) is 3.41. The molecule has 0 spiro atoms. The van der Waals surface area contributed by atoms with Crippen LogP contribution < -0.4 is 14.8 Å². The molecule has 4 heteroatoms. The maximum absolute atomic E-state index is 12.5. The Hall–Kier alpha value is -3.27. The summed E-state index contributed by atoms with van der Waals surface area (Å²) >= 11 is 0. The van der Waals surface area contributed by atoms with Gasteiger partial charge in [0.2, 0.25) is 0 Å². The van der Waals surface area contributed by atoms with Crippen LogP contribution in [0.3, 0.4) is 0 Å². The first kappa shape index (κ1) is 18.5. The number of ether oxygens (including phenoxy) is 2. The molecule has 0 saturated heterocycles. The number of amides is 1. The fourth-order valence-corrected chi connectivity index (χ4v) is 2.67. The predicted molar refractivity (Wildman–Crippen MR) is 108 cm³/mol. The molecular formula is C23H23NO3. The Kier molecular flexibility index (Phi) is 6.10. The Morgan fingerprint density at radius 1 is 0.926 bits per heavy atom. The summed E-state index contributed by atoms with van der Waals surface area (Å²) in [5, 5.41) is 2.90. The number of anilines is 1. The summed E-state index contributed by atoms with van der Waals surface area (Å²) in [7, 11) is 0. The normalized spacial score (nSPS) is 10.3. The average Bonchev–Trinajstić information content (AvgIpc) is 2.68. The summed E-state index contributed by atoms with van der Waals surface area (Å²) < 4.78 is 11.3. The summed E-state index contributed by atoms with van der Waals surface area (Å²) in [4.78, 5) is 12.5. The van der Waals surface area contributed by atoms with Crippen LogP contribution in [0.15, 0.2) is 72.8 Å². The van der Waals surface area contributed by atoms with Gasteiger partial charge in [0.25, 0.3) is 5.91 Å². The molecule has 0 atom stereocenters. The third kappa shape index (κ3) is 5.11. The molecule has 0 radical (unpaired) electrons. The average molecular weight is 361 g/mol. The second-order valence-electron chi connectivity index (χ2n) is 6.19. The number of carbonyl (C=O) groups is 1. The van der Waals surface area contributed by atoms with Crippen molar-refractivity contribution in [3.63, 3.8) is 0 Å². The minimum atomic E-state index is -0.173. The lowest BCUT2D eigenvalue weighted by Gasteiger charge is -2.11. The zero-order chi connectivity index (χ0) is 19.1. The standard InChI is InChI=1S/C23H23NO3/c1-3-26-22-10-5-4-9-21(22)24-23(25)19-13-11-18(12-14-19)16-27-20-8-6-7-17(2)15-20/h4-15H,3,16H2,1-2H3,(H,24,25). The van der Waals surface area contributed by atoms with Crippen molar-refractivity contribution in [1.82, 2.24) is 0 Å². The van der Waals surface area contributed by atoms with Gasteiger partial charge in [0, 0.05) is 5.56 Å². The van der Waals surface area contributed by atoms with E-state index in [0.717, 1.165) is 16.9 Å². The van der Waals surface area contributed by atoms with E-state index in [1.165, 1.54) is 0 Å². The van der Waals surface area contributed by atoms with Gasteiger partial charge in [-0.15, -0.1) is 0 Å². The molecule has 0 unspecified atom stereocenters. The summed E-state index contributed by atoms with van der Waals surface area (Å²) in [5.74, 6) is 1.33. The van der Waals surface area contributed by atoms with Crippen molar-refractivity contribution in [3.8, 4) is 11.5 Å². The summed E-state index contributed by atoms with van der Waals surface area (Å²) in [6.07, 6.45) is 0. The Morgan fingerprint density at radius 2 is 1.70 bits per heavy atom. The van der Waals surface area contributed by atoms with Gasteiger partial charge >= 0.3 is 0 Å². The molecule has 27 heavy (non-hydrogen) atoms. The quantitative estimate of drug-likeness (QED) is 0.627. The second kappa shape index (κ2) is 8.90. The fourth-order valence-electron chi connectivity index (χ4n) is 2.67. The molecule has 0 fully saturated rings. The van der Waals surface area contributed by atoms with Crippen LogP contribution in [0.5, 0.6) is 11.5 Å². The van der Waals surface area contributed by atoms with Crippen molar-refractivity contribution in [3.05, 3.63) is 89.5 Å². The number of rotatable bonds is 7. The molecule has 4 nitrogen and oxygen atoms in total. The van der Waals surface area contributed by atoms with Crippen molar-refractivity contribution >= 4 is 11.6 Å². The monoisotopic (exact) mass is 361 g/mol. The molecule has 0 heterocycles. The Bertz CT molecular complexity index is 904. The van der Waals surface area contributed by atoms with Gasteiger partial charge < -0.3 is 14.8 Å². The highest BCUT2D eigenvalue weighted by Gasteiger charge is 2.09. The van der Waals surface area contributed by atoms with Gasteiger partial charge in [-0.2, -0.15) is 0 Å². The first-order valence-electron chi connectivity index (χ1n) is 8.97. The van der Waals surface area contributed by atoms with Crippen LogP contribution in [-0.4, -0.2) is 12.5 Å². The van der Waals surface area contributed by atoms with Crippen molar-refractivity contribution < 1.29 is 14.3 Å². The highest BCUT2D eigenvalue weighted by Crippen LogP contribution is 2.24. The zero-order valence-electron chi connectivity index (χ0n) is 15.6. The maximum atomic E-state index is 12.5. The molecular weight excluding hydrogens is 338 g/mol. The largest absolute Gasteiger partial charge is 0.492 e. The number of hydrogen-bond acceptors (Lipinski definition) is 3. The molecule has 1 N–H and O–H groups in total. The second-order valence-corrected chi connectivity index (χ2v) is 6.19. The SMILES string of the molecule is CCOc1ccccc1NC(=O)c1ccc(COc2cccc(C)c2)cc1. The molecule has 0 bridgehead atoms. The van der Waals surface area contributed by atoms with Gasteiger partial charge in [0.1, 0.15) is 18.1 Å². The van der Waals surface area contributed by atoms with E-state index >= 15 is 0 Å². The molecule has 0 aliphatic heterocycles. The van der Waals surface area contributed by atoms with Gasteiger partial charge in [0.05, 0.1) is 12.3 Å². The van der Waals surface area contributed by atoms with Crippen molar-refractivity contribution in [1.29, 1.82) is 0 Å². The minimum absolute atomic E-state index is 0.173. The third-order valence-corrected chi connectivity index (χ3v) is 4.05. The van der Waals surface area contributed by atoms with Crippen LogP contribution >= 0.6 is 0 Å². The van der Waals surface area contributed by atoms with E-state index in [9.17, 15) is 4.79 Å². The molecule has 0 aromatic heterocycles. The fraction of sp³-hybridized carbons (Fsp3) is 0.174. The van der Waals surface area contributed by atoms with Gasteiger partial charge in [-0.05, 0) is 61.4 Å². The zero-order valence-corrected chi connectivity index (χ0v) is 15.6. The number of carbonyl (C=O) groups excluding carboxylic acids is 1. The van der Waals surface area contributed by atoms with E-state index in [4.69, 9.17) is 9.47 Å². The van der Waals surface area contributed by atoms with Crippen LogP contribution in [0.4, 0.5) is 5.69 Å². The van der Waals surface area contributed by atoms with E-state index in [2.05, 4.69) is 5.32 Å². The number of hydrogen-bond donors (Lipinski definition) is 1. The molecule has 3 aromatic rings. The van der Waals surface area contributed by atoms with Crippen molar-refractivity contribution in [2.24, 2.45) is 0 Å². The topological polar surface area (TPSA) is 47.6 Å². The lowest BCUT2D eigenvalue weighted by atomic mass is 10.1. The van der Waals surface area contributed by atoms with Crippen molar-refractivity contribution in [2.75, 3.05) is 11.9 Å². The number of aryl methyl sites for hydroxylation is 1. The van der Waals surface area contributed by atoms with Gasteiger partial charge in [-0.25, -0.2) is 0 Å².